The highest BCUT2D eigenvalue weighted by atomic mass is 16.2. The second-order valence-corrected chi connectivity index (χ2v) is 4.94. The summed E-state index contributed by atoms with van der Waals surface area (Å²) in [5, 5.41) is 2.30. The van der Waals surface area contributed by atoms with Crippen LogP contribution in [0.25, 0.3) is 0 Å². The van der Waals surface area contributed by atoms with Crippen LogP contribution in [0.5, 0.6) is 0 Å². The molecule has 0 spiro atoms. The number of fused-ring (bicyclic) bond motifs is 1. The van der Waals surface area contributed by atoms with Crippen molar-refractivity contribution in [2.24, 2.45) is 0 Å². The van der Waals surface area contributed by atoms with E-state index in [1.807, 2.05) is 39.0 Å². The maximum absolute atomic E-state index is 12.4. The molecule has 5 heteroatoms. The standard InChI is InChI=1S/C14H14N2O3.C2H6/c1-8-9-4-2-3-5-10(9)14(19)16(8)11-6-7-12(17)15-13(11)18;1-2/h2-5,8,11H,6-7H2,1H3,(H,15,17,18);1-2H3. The number of nitrogens with zero attached hydrogens (tertiary/aromatic N) is 1. The van der Waals surface area contributed by atoms with Gasteiger partial charge in [-0.3, -0.25) is 19.7 Å². The molecule has 1 aromatic carbocycles. The van der Waals surface area contributed by atoms with Gasteiger partial charge in [-0.05, 0) is 25.0 Å². The lowest BCUT2D eigenvalue weighted by atomic mass is 10.0. The molecule has 1 fully saturated rings. The topological polar surface area (TPSA) is 66.5 Å². The van der Waals surface area contributed by atoms with Gasteiger partial charge in [-0.2, -0.15) is 0 Å². The molecule has 0 aromatic heterocycles. The van der Waals surface area contributed by atoms with Gasteiger partial charge in [0.1, 0.15) is 6.04 Å². The van der Waals surface area contributed by atoms with Crippen molar-refractivity contribution in [3.05, 3.63) is 35.4 Å². The maximum Gasteiger partial charge on any atom is 0.255 e. The predicted molar refractivity (Wildman–Crippen MR) is 78.5 cm³/mol. The monoisotopic (exact) mass is 288 g/mol. The van der Waals surface area contributed by atoms with E-state index in [2.05, 4.69) is 5.32 Å². The van der Waals surface area contributed by atoms with Crippen LogP contribution in [0, 0.1) is 0 Å². The van der Waals surface area contributed by atoms with Gasteiger partial charge in [0, 0.05) is 12.0 Å². The van der Waals surface area contributed by atoms with E-state index in [1.165, 1.54) is 0 Å². The Kier molecular flexibility index (Phi) is 4.40. The van der Waals surface area contributed by atoms with E-state index < -0.39 is 6.04 Å². The van der Waals surface area contributed by atoms with Crippen molar-refractivity contribution in [2.45, 2.75) is 45.7 Å². The molecule has 0 aliphatic carbocycles. The first-order valence-electron chi connectivity index (χ1n) is 7.35. The van der Waals surface area contributed by atoms with Crippen molar-refractivity contribution >= 4 is 17.7 Å². The molecule has 2 atom stereocenters. The lowest BCUT2D eigenvalue weighted by Gasteiger charge is -2.32. The van der Waals surface area contributed by atoms with E-state index in [4.69, 9.17) is 0 Å². The van der Waals surface area contributed by atoms with Crippen LogP contribution in [-0.4, -0.2) is 28.7 Å². The van der Waals surface area contributed by atoms with Crippen LogP contribution < -0.4 is 5.32 Å². The summed E-state index contributed by atoms with van der Waals surface area (Å²) in [7, 11) is 0. The molecule has 0 bridgehead atoms. The summed E-state index contributed by atoms with van der Waals surface area (Å²) in [6.07, 6.45) is 0.679. The van der Waals surface area contributed by atoms with Crippen LogP contribution in [0.4, 0.5) is 0 Å². The lowest BCUT2D eigenvalue weighted by molar-refractivity contribution is -0.137. The largest absolute Gasteiger partial charge is 0.320 e. The number of piperidine rings is 1. The van der Waals surface area contributed by atoms with Crippen LogP contribution in [0.3, 0.4) is 0 Å². The number of hydrogen-bond acceptors (Lipinski definition) is 3. The van der Waals surface area contributed by atoms with E-state index >= 15 is 0 Å². The van der Waals surface area contributed by atoms with Crippen molar-refractivity contribution < 1.29 is 14.4 Å². The number of hydrogen-bond donors (Lipinski definition) is 1. The van der Waals surface area contributed by atoms with Gasteiger partial charge < -0.3 is 4.90 Å². The fourth-order valence-electron chi connectivity index (χ4n) is 2.88. The summed E-state index contributed by atoms with van der Waals surface area (Å²) in [5.74, 6) is -0.764. The van der Waals surface area contributed by atoms with Crippen molar-refractivity contribution in [3.8, 4) is 0 Å². The Morgan fingerprint density at radius 2 is 1.81 bits per heavy atom. The Morgan fingerprint density at radius 3 is 2.43 bits per heavy atom. The second kappa shape index (κ2) is 6.08. The highest BCUT2D eigenvalue weighted by Gasteiger charge is 2.42. The third-order valence-electron chi connectivity index (χ3n) is 3.84. The summed E-state index contributed by atoms with van der Waals surface area (Å²) in [5.41, 5.74) is 1.59. The van der Waals surface area contributed by atoms with Gasteiger partial charge in [-0.1, -0.05) is 32.0 Å². The van der Waals surface area contributed by atoms with Crippen LogP contribution >= 0.6 is 0 Å². The smallest absolute Gasteiger partial charge is 0.255 e. The summed E-state index contributed by atoms with van der Waals surface area (Å²) >= 11 is 0. The molecule has 3 amide bonds. The number of imide groups is 1. The normalized spacial score (nSPS) is 24.1. The number of carbonyl (C=O) groups is 3. The third-order valence-corrected chi connectivity index (χ3v) is 3.84. The molecule has 3 rings (SSSR count). The van der Waals surface area contributed by atoms with Crippen molar-refractivity contribution in [1.29, 1.82) is 0 Å². The molecule has 21 heavy (non-hydrogen) atoms. The van der Waals surface area contributed by atoms with Crippen molar-refractivity contribution in [3.63, 3.8) is 0 Å². The summed E-state index contributed by atoms with van der Waals surface area (Å²) < 4.78 is 0. The summed E-state index contributed by atoms with van der Waals surface area (Å²) in [4.78, 5) is 37.1. The first kappa shape index (κ1) is 15.2. The average Bonchev–Trinajstić information content (AvgIpc) is 2.75. The Hall–Kier alpha value is -2.17. The van der Waals surface area contributed by atoms with Gasteiger partial charge in [0.15, 0.2) is 0 Å². The van der Waals surface area contributed by atoms with E-state index in [-0.39, 0.29) is 30.2 Å². The quantitative estimate of drug-likeness (QED) is 0.804. The van der Waals surface area contributed by atoms with Gasteiger partial charge in [-0.15, -0.1) is 0 Å². The Labute approximate surface area is 124 Å². The van der Waals surface area contributed by atoms with E-state index in [9.17, 15) is 14.4 Å². The molecule has 0 radical (unpaired) electrons. The van der Waals surface area contributed by atoms with Gasteiger partial charge in [-0.25, -0.2) is 0 Å². The SMILES string of the molecule is CC.CC1c2ccccc2C(=O)N1C1CCC(=O)NC1=O. The number of nitrogens with one attached hydrogen (secondary N) is 1. The Balaban J connectivity index is 0.000000774. The number of benzene rings is 1. The Morgan fingerprint density at radius 1 is 1.14 bits per heavy atom. The first-order chi connectivity index (χ1) is 10.1. The zero-order chi connectivity index (χ0) is 15.6. The van der Waals surface area contributed by atoms with E-state index in [1.54, 1.807) is 11.0 Å². The molecule has 2 unspecified atom stereocenters. The van der Waals surface area contributed by atoms with Crippen LogP contribution in [-0.2, 0) is 9.59 Å². The Bertz CT molecular complexity index is 583. The molecule has 2 heterocycles. The molecule has 2 aliphatic rings. The molecule has 2 aliphatic heterocycles. The number of carbonyl (C=O) groups excluding carboxylic acids is 3. The minimum Gasteiger partial charge on any atom is -0.320 e. The van der Waals surface area contributed by atoms with Crippen LogP contribution in [0.2, 0.25) is 0 Å². The molecule has 1 N–H and O–H groups in total. The number of amides is 3. The first-order valence-corrected chi connectivity index (χ1v) is 7.35. The zero-order valence-electron chi connectivity index (χ0n) is 12.6. The van der Waals surface area contributed by atoms with Gasteiger partial charge in [0.05, 0.1) is 6.04 Å². The fraction of sp³-hybridized carbons (Fsp3) is 0.438. The molecule has 1 saturated heterocycles. The average molecular weight is 288 g/mol. The molecule has 5 nitrogen and oxygen atoms in total. The highest BCUT2D eigenvalue weighted by molar-refractivity contribution is 6.05. The van der Waals surface area contributed by atoms with E-state index in [0.717, 1.165) is 5.56 Å². The lowest BCUT2D eigenvalue weighted by Crippen LogP contribution is -2.53. The van der Waals surface area contributed by atoms with Gasteiger partial charge in [0.25, 0.3) is 5.91 Å². The summed E-state index contributed by atoms with van der Waals surface area (Å²) in [6.45, 7) is 5.91. The van der Waals surface area contributed by atoms with E-state index in [0.29, 0.717) is 12.0 Å². The van der Waals surface area contributed by atoms with Gasteiger partial charge in [0.2, 0.25) is 11.8 Å². The minimum absolute atomic E-state index is 0.127. The molecular weight excluding hydrogens is 268 g/mol. The van der Waals surface area contributed by atoms with Gasteiger partial charge >= 0.3 is 0 Å². The number of rotatable bonds is 1. The highest BCUT2D eigenvalue weighted by Crippen LogP contribution is 2.36. The third kappa shape index (κ3) is 2.55. The second-order valence-electron chi connectivity index (χ2n) is 4.94. The zero-order valence-corrected chi connectivity index (χ0v) is 12.6. The molecular formula is C16H20N2O3. The maximum atomic E-state index is 12.4. The summed E-state index contributed by atoms with van der Waals surface area (Å²) in [6, 6.07) is 6.71. The molecule has 112 valence electrons. The van der Waals surface area contributed by atoms with Crippen molar-refractivity contribution in [1.82, 2.24) is 10.2 Å². The fourth-order valence-corrected chi connectivity index (χ4v) is 2.88. The molecule has 0 saturated carbocycles. The van der Waals surface area contributed by atoms with Crippen molar-refractivity contribution in [2.75, 3.05) is 0 Å². The predicted octanol–water partition coefficient (Wildman–Crippen LogP) is 2.03. The molecule has 1 aromatic rings. The van der Waals surface area contributed by atoms with Crippen LogP contribution in [0.15, 0.2) is 24.3 Å². The van der Waals surface area contributed by atoms with Crippen LogP contribution in [0.1, 0.15) is 55.6 Å². The minimum atomic E-state index is -0.549.